The van der Waals surface area contributed by atoms with Gasteiger partial charge in [-0.25, -0.2) is 0 Å². The lowest BCUT2D eigenvalue weighted by Gasteiger charge is -2.26. The first kappa shape index (κ1) is 24.7. The van der Waals surface area contributed by atoms with E-state index in [1.165, 1.54) is 56.4 Å². The number of hydrogen-bond acceptors (Lipinski definition) is 3. The molecule has 3 aromatic rings. The average Bonchev–Trinajstić information content (AvgIpc) is 3.35. The van der Waals surface area contributed by atoms with E-state index in [0.717, 1.165) is 35.2 Å². The van der Waals surface area contributed by atoms with Crippen LogP contribution in [0.2, 0.25) is 0 Å². The molecular formula is C29H38N4. The summed E-state index contributed by atoms with van der Waals surface area (Å²) < 4.78 is 0. The first-order chi connectivity index (χ1) is 16.3. The van der Waals surface area contributed by atoms with Crippen molar-refractivity contribution in [2.24, 2.45) is 0 Å². The minimum Gasteiger partial charge on any atom is -0.303 e. The Hall–Kier alpha value is -2.98. The van der Waals surface area contributed by atoms with Gasteiger partial charge in [-0.3, -0.25) is 10.1 Å². The Morgan fingerprint density at radius 3 is 2.48 bits per heavy atom. The van der Waals surface area contributed by atoms with Gasteiger partial charge in [0.25, 0.3) is 0 Å². The number of pyridine rings is 1. The first-order valence-corrected chi connectivity index (χ1v) is 12.4. The molecule has 4 heteroatoms. The first-order valence-electron chi connectivity index (χ1n) is 12.4. The second-order valence-corrected chi connectivity index (χ2v) is 8.42. The summed E-state index contributed by atoms with van der Waals surface area (Å²) >= 11 is 0. The van der Waals surface area contributed by atoms with E-state index in [9.17, 15) is 0 Å². The van der Waals surface area contributed by atoms with Gasteiger partial charge in [-0.05, 0) is 80.1 Å². The van der Waals surface area contributed by atoms with Crippen molar-refractivity contribution in [3.8, 4) is 0 Å². The summed E-state index contributed by atoms with van der Waals surface area (Å²) in [6.45, 7) is 12.1. The summed E-state index contributed by atoms with van der Waals surface area (Å²) in [6.07, 6.45) is 16.9. The molecule has 3 heterocycles. The van der Waals surface area contributed by atoms with Crippen LogP contribution in [0.1, 0.15) is 67.5 Å². The molecule has 4 nitrogen and oxygen atoms in total. The lowest BCUT2D eigenvalue weighted by molar-refractivity contribution is 0.226. The zero-order valence-electron chi connectivity index (χ0n) is 20.3. The minimum atomic E-state index is 0.810. The molecule has 0 aliphatic carbocycles. The topological polar surface area (TPSA) is 44.8 Å². The van der Waals surface area contributed by atoms with Crippen molar-refractivity contribution in [3.05, 3.63) is 89.5 Å². The maximum Gasteiger partial charge on any atom is 0.0679 e. The highest BCUT2D eigenvalue weighted by atomic mass is 15.1. The van der Waals surface area contributed by atoms with Crippen molar-refractivity contribution in [2.75, 3.05) is 19.6 Å². The second kappa shape index (κ2) is 13.5. The van der Waals surface area contributed by atoms with Crippen LogP contribution in [-0.2, 0) is 12.8 Å². The predicted molar refractivity (Wildman–Crippen MR) is 141 cm³/mol. The van der Waals surface area contributed by atoms with E-state index >= 15 is 0 Å². The molecule has 1 N–H and O–H groups in total. The van der Waals surface area contributed by atoms with Crippen molar-refractivity contribution < 1.29 is 0 Å². The molecule has 2 aromatic heterocycles. The van der Waals surface area contributed by atoms with Crippen LogP contribution >= 0.6 is 0 Å². The third-order valence-corrected chi connectivity index (χ3v) is 5.99. The van der Waals surface area contributed by atoms with Gasteiger partial charge < -0.3 is 4.90 Å². The molecule has 0 radical (unpaired) electrons. The molecule has 174 valence electrons. The number of benzene rings is 1. The molecular weight excluding hydrogens is 404 g/mol. The molecule has 0 spiro atoms. The van der Waals surface area contributed by atoms with E-state index in [1.807, 2.05) is 44.4 Å². The van der Waals surface area contributed by atoms with Gasteiger partial charge in [-0.15, -0.1) is 0 Å². The van der Waals surface area contributed by atoms with Gasteiger partial charge in [0, 0.05) is 18.0 Å². The van der Waals surface area contributed by atoms with Crippen molar-refractivity contribution >= 4 is 17.7 Å². The summed E-state index contributed by atoms with van der Waals surface area (Å²) in [5, 5.41) is 7.34. The van der Waals surface area contributed by atoms with E-state index in [2.05, 4.69) is 57.0 Å². The predicted octanol–water partition coefficient (Wildman–Crippen LogP) is 6.68. The Bertz CT molecular complexity index is 980. The molecule has 1 aliphatic heterocycles. The van der Waals surface area contributed by atoms with Crippen LogP contribution in [0.3, 0.4) is 0 Å². The quantitative estimate of drug-likeness (QED) is 0.402. The number of piperidine rings is 1. The van der Waals surface area contributed by atoms with Crippen LogP contribution < -0.4 is 0 Å². The highest BCUT2D eigenvalue weighted by Gasteiger charge is 2.10. The van der Waals surface area contributed by atoms with E-state index in [4.69, 9.17) is 0 Å². The molecule has 0 amide bonds. The van der Waals surface area contributed by atoms with Crippen molar-refractivity contribution in [1.82, 2.24) is 20.1 Å². The van der Waals surface area contributed by atoms with Crippen molar-refractivity contribution in [2.45, 2.75) is 52.4 Å². The van der Waals surface area contributed by atoms with Gasteiger partial charge in [0.2, 0.25) is 0 Å². The Morgan fingerprint density at radius 2 is 1.76 bits per heavy atom. The van der Waals surface area contributed by atoms with Gasteiger partial charge in [0.15, 0.2) is 0 Å². The average molecular weight is 443 g/mol. The summed E-state index contributed by atoms with van der Waals surface area (Å²) in [4.78, 5) is 6.77. The normalized spacial score (nSPS) is 14.1. The van der Waals surface area contributed by atoms with Crippen LogP contribution in [0.25, 0.3) is 17.7 Å². The SMILES string of the molecule is C=C(Cc1ccc(CCCN2CCCCC2)cc1)c1[nH]ncc1/C=C/c1cccnc1.CC. The van der Waals surface area contributed by atoms with Gasteiger partial charge in [-0.1, -0.05) is 69.3 Å². The Kier molecular flexibility index (Phi) is 10.1. The third-order valence-electron chi connectivity index (χ3n) is 5.99. The number of aromatic nitrogens is 3. The van der Waals surface area contributed by atoms with Crippen molar-refractivity contribution in [1.29, 1.82) is 0 Å². The van der Waals surface area contributed by atoms with Crippen LogP contribution in [0.15, 0.2) is 61.6 Å². The zero-order valence-corrected chi connectivity index (χ0v) is 20.3. The summed E-state index contributed by atoms with van der Waals surface area (Å²) in [6, 6.07) is 13.0. The van der Waals surface area contributed by atoms with Crippen LogP contribution in [0.5, 0.6) is 0 Å². The fourth-order valence-electron chi connectivity index (χ4n) is 4.21. The number of likely N-dealkylation sites (tertiary alicyclic amines) is 1. The monoisotopic (exact) mass is 442 g/mol. The van der Waals surface area contributed by atoms with E-state index in [1.54, 1.807) is 6.20 Å². The molecule has 1 aromatic carbocycles. The summed E-state index contributed by atoms with van der Waals surface area (Å²) in [5.41, 5.74) is 6.85. The second-order valence-electron chi connectivity index (χ2n) is 8.42. The van der Waals surface area contributed by atoms with Gasteiger partial charge in [0.05, 0.1) is 11.9 Å². The van der Waals surface area contributed by atoms with Crippen LogP contribution in [0, 0.1) is 0 Å². The standard InChI is InChI=1S/C27H32N4.C2H6/c1-22(27-26(21-29-30-27)14-13-25-7-5-15-28-20-25)19-24-11-9-23(10-12-24)8-6-18-31-16-3-2-4-17-31;1-2/h5,7,9-15,20-21H,1-4,6,8,16-19H2,(H,29,30);1-2H3/b14-13+;. The lowest BCUT2D eigenvalue weighted by atomic mass is 9.99. The fourth-order valence-corrected chi connectivity index (χ4v) is 4.21. The molecule has 1 saturated heterocycles. The zero-order chi connectivity index (χ0) is 23.3. The Balaban J connectivity index is 0.00000149. The molecule has 4 rings (SSSR count). The Labute approximate surface area is 199 Å². The molecule has 1 aliphatic rings. The number of H-pyrrole nitrogens is 1. The van der Waals surface area contributed by atoms with Crippen LogP contribution in [-0.4, -0.2) is 39.7 Å². The molecule has 1 fully saturated rings. The maximum atomic E-state index is 4.31. The minimum absolute atomic E-state index is 0.810. The van der Waals surface area contributed by atoms with Crippen molar-refractivity contribution in [3.63, 3.8) is 0 Å². The number of nitrogens with zero attached hydrogens (tertiary/aromatic N) is 3. The molecule has 33 heavy (non-hydrogen) atoms. The highest BCUT2D eigenvalue weighted by Crippen LogP contribution is 2.22. The van der Waals surface area contributed by atoms with E-state index < -0.39 is 0 Å². The smallest absolute Gasteiger partial charge is 0.0679 e. The lowest BCUT2D eigenvalue weighted by Crippen LogP contribution is -2.30. The number of hydrogen-bond donors (Lipinski definition) is 1. The molecule has 0 atom stereocenters. The van der Waals surface area contributed by atoms with E-state index in [-0.39, 0.29) is 0 Å². The Morgan fingerprint density at radius 1 is 1.00 bits per heavy atom. The van der Waals surface area contributed by atoms with Crippen LogP contribution in [0.4, 0.5) is 0 Å². The number of rotatable bonds is 9. The van der Waals surface area contributed by atoms with E-state index in [0.29, 0.717) is 0 Å². The molecule has 0 bridgehead atoms. The number of aryl methyl sites for hydroxylation is 1. The highest BCUT2D eigenvalue weighted by molar-refractivity contribution is 5.77. The summed E-state index contributed by atoms with van der Waals surface area (Å²) in [5.74, 6) is 0. The molecule has 0 unspecified atom stereocenters. The van der Waals surface area contributed by atoms with Gasteiger partial charge in [-0.2, -0.15) is 5.10 Å². The van der Waals surface area contributed by atoms with Gasteiger partial charge >= 0.3 is 0 Å². The third kappa shape index (κ3) is 7.83. The molecule has 0 saturated carbocycles. The summed E-state index contributed by atoms with van der Waals surface area (Å²) in [7, 11) is 0. The number of nitrogens with one attached hydrogen (secondary N) is 1. The maximum absolute atomic E-state index is 4.31. The fraction of sp³-hybridized carbons (Fsp3) is 0.379. The number of allylic oxidation sites excluding steroid dienone is 1. The largest absolute Gasteiger partial charge is 0.303 e. The van der Waals surface area contributed by atoms with Gasteiger partial charge in [0.1, 0.15) is 0 Å². The number of aromatic amines is 1.